The number of carbonyl (C=O) groups is 1. The van der Waals surface area contributed by atoms with Crippen molar-refractivity contribution < 1.29 is 4.79 Å². The molecule has 2 heterocycles. The number of carbonyl (C=O) groups excluding carboxylic acids is 1. The summed E-state index contributed by atoms with van der Waals surface area (Å²) in [6.07, 6.45) is 0.988. The summed E-state index contributed by atoms with van der Waals surface area (Å²) in [6.45, 7) is 3.80. The first kappa shape index (κ1) is 12.4. The lowest BCUT2D eigenvalue weighted by Crippen LogP contribution is -2.53. The summed E-state index contributed by atoms with van der Waals surface area (Å²) in [5.74, 6) is 0.477. The highest BCUT2D eigenvalue weighted by atomic mass is 35.5. The van der Waals surface area contributed by atoms with E-state index in [1.54, 1.807) is 0 Å². The van der Waals surface area contributed by atoms with Gasteiger partial charge in [0.25, 0.3) is 0 Å². The Hall–Kier alpha value is -1.06. The van der Waals surface area contributed by atoms with Crippen molar-refractivity contribution in [3.05, 3.63) is 29.8 Å². The molecular formula is C13H17ClN2O. The molecule has 2 aliphatic rings. The van der Waals surface area contributed by atoms with E-state index in [0.717, 1.165) is 25.2 Å². The maximum absolute atomic E-state index is 12.3. The molecule has 0 aromatic heterocycles. The van der Waals surface area contributed by atoms with Gasteiger partial charge in [0.15, 0.2) is 0 Å². The van der Waals surface area contributed by atoms with Gasteiger partial charge in [-0.3, -0.25) is 4.79 Å². The molecule has 92 valence electrons. The minimum Gasteiger partial charge on any atom is -0.315 e. The van der Waals surface area contributed by atoms with Crippen LogP contribution >= 0.6 is 12.4 Å². The zero-order valence-corrected chi connectivity index (χ0v) is 10.7. The van der Waals surface area contributed by atoms with Crippen LogP contribution in [0.15, 0.2) is 24.3 Å². The van der Waals surface area contributed by atoms with Gasteiger partial charge >= 0.3 is 0 Å². The molecule has 1 aromatic carbocycles. The normalized spacial score (nSPS) is 22.6. The molecule has 0 saturated carbocycles. The molecule has 1 aromatic rings. The summed E-state index contributed by atoms with van der Waals surface area (Å²) < 4.78 is 0. The molecule has 0 bridgehead atoms. The summed E-state index contributed by atoms with van der Waals surface area (Å²) in [4.78, 5) is 14.3. The number of nitrogens with zero attached hydrogens (tertiary/aromatic N) is 1. The van der Waals surface area contributed by atoms with Crippen LogP contribution in [-0.2, 0) is 11.2 Å². The molecule has 1 atom stereocenters. The van der Waals surface area contributed by atoms with Crippen LogP contribution in [-0.4, -0.2) is 25.0 Å². The summed E-state index contributed by atoms with van der Waals surface area (Å²) >= 11 is 0. The molecule has 17 heavy (non-hydrogen) atoms. The van der Waals surface area contributed by atoms with Crippen molar-refractivity contribution in [1.82, 2.24) is 5.32 Å². The minimum atomic E-state index is 0. The molecule has 1 saturated heterocycles. The zero-order valence-electron chi connectivity index (χ0n) is 9.85. The topological polar surface area (TPSA) is 32.3 Å². The summed E-state index contributed by atoms with van der Waals surface area (Å²) in [7, 11) is 0. The monoisotopic (exact) mass is 252 g/mol. The number of halogens is 1. The van der Waals surface area contributed by atoms with E-state index in [1.807, 2.05) is 17.0 Å². The predicted octanol–water partition coefficient (Wildman–Crippen LogP) is 1.61. The Bertz CT molecular complexity index is 431. The Morgan fingerprint density at radius 3 is 2.71 bits per heavy atom. The van der Waals surface area contributed by atoms with Crippen molar-refractivity contribution >= 4 is 24.0 Å². The Labute approximate surface area is 108 Å². The molecule has 1 unspecified atom stereocenters. The number of hydrogen-bond donors (Lipinski definition) is 1. The number of para-hydroxylation sites is 1. The molecule has 1 amide bonds. The van der Waals surface area contributed by atoms with E-state index in [-0.39, 0.29) is 24.2 Å². The van der Waals surface area contributed by atoms with E-state index in [4.69, 9.17) is 0 Å². The number of nitrogens with one attached hydrogen (secondary N) is 1. The third-order valence-corrected chi connectivity index (χ3v) is 3.58. The van der Waals surface area contributed by atoms with Crippen LogP contribution in [0.5, 0.6) is 0 Å². The first-order valence-electron chi connectivity index (χ1n) is 5.89. The maximum Gasteiger partial charge on any atom is 0.232 e. The average Bonchev–Trinajstić information content (AvgIpc) is 2.50. The highest BCUT2D eigenvalue weighted by Gasteiger charge is 2.36. The molecule has 3 rings (SSSR count). The van der Waals surface area contributed by atoms with Crippen molar-refractivity contribution in [3.8, 4) is 0 Å². The van der Waals surface area contributed by atoms with Gasteiger partial charge in [0.1, 0.15) is 0 Å². The Kier molecular flexibility index (Phi) is 3.40. The maximum atomic E-state index is 12.3. The van der Waals surface area contributed by atoms with Gasteiger partial charge in [-0.1, -0.05) is 18.2 Å². The molecule has 0 aliphatic carbocycles. The number of fused-ring (bicyclic) bond motifs is 1. The summed E-state index contributed by atoms with van der Waals surface area (Å²) in [6, 6.07) is 8.55. The fourth-order valence-electron chi connectivity index (χ4n) is 2.56. The van der Waals surface area contributed by atoms with Gasteiger partial charge in [-0.25, -0.2) is 0 Å². The number of hydrogen-bond acceptors (Lipinski definition) is 2. The molecular weight excluding hydrogens is 236 g/mol. The molecule has 3 nitrogen and oxygen atoms in total. The molecule has 4 heteroatoms. The lowest BCUT2D eigenvalue weighted by Gasteiger charge is -2.32. The van der Waals surface area contributed by atoms with Crippen molar-refractivity contribution in [2.24, 2.45) is 5.92 Å². The fourth-order valence-corrected chi connectivity index (χ4v) is 2.56. The molecule has 0 radical (unpaired) electrons. The first-order valence-corrected chi connectivity index (χ1v) is 5.89. The van der Waals surface area contributed by atoms with Crippen molar-refractivity contribution in [1.29, 1.82) is 0 Å². The highest BCUT2D eigenvalue weighted by molar-refractivity contribution is 5.98. The second-order valence-corrected chi connectivity index (χ2v) is 4.75. The molecule has 1 N–H and O–H groups in total. The third-order valence-electron chi connectivity index (χ3n) is 3.58. The van der Waals surface area contributed by atoms with E-state index in [2.05, 4.69) is 24.4 Å². The zero-order chi connectivity index (χ0) is 11.1. The van der Waals surface area contributed by atoms with Crippen LogP contribution in [0.1, 0.15) is 12.5 Å². The standard InChI is InChI=1S/C13H16N2O.ClH/c1-9-6-10-4-2-3-5-12(10)15(9)13(16)11-7-14-8-11;/h2-5,9,11,14H,6-8H2,1H3;1H. The quantitative estimate of drug-likeness (QED) is 0.824. The van der Waals surface area contributed by atoms with Gasteiger partial charge in [-0.15, -0.1) is 12.4 Å². The van der Waals surface area contributed by atoms with E-state index in [1.165, 1.54) is 5.56 Å². The second-order valence-electron chi connectivity index (χ2n) is 4.75. The lowest BCUT2D eigenvalue weighted by molar-refractivity contribution is -0.124. The van der Waals surface area contributed by atoms with E-state index >= 15 is 0 Å². The summed E-state index contributed by atoms with van der Waals surface area (Å²) in [5.41, 5.74) is 2.42. The number of amides is 1. The SMILES string of the molecule is CC1Cc2ccccc2N1C(=O)C1CNC1.Cl. The highest BCUT2D eigenvalue weighted by Crippen LogP contribution is 2.33. The Balaban J connectivity index is 0.00000108. The van der Waals surface area contributed by atoms with E-state index in [9.17, 15) is 4.79 Å². The number of benzene rings is 1. The van der Waals surface area contributed by atoms with Gasteiger partial charge in [0, 0.05) is 24.8 Å². The van der Waals surface area contributed by atoms with Crippen LogP contribution in [0.2, 0.25) is 0 Å². The van der Waals surface area contributed by atoms with Gasteiger partial charge in [0.05, 0.1) is 5.92 Å². The van der Waals surface area contributed by atoms with Crippen LogP contribution in [0.3, 0.4) is 0 Å². The molecule has 0 spiro atoms. The summed E-state index contributed by atoms with van der Waals surface area (Å²) in [5, 5.41) is 3.16. The van der Waals surface area contributed by atoms with Crippen molar-refractivity contribution in [2.45, 2.75) is 19.4 Å². The number of anilines is 1. The van der Waals surface area contributed by atoms with Gasteiger partial charge in [0.2, 0.25) is 5.91 Å². The minimum absolute atomic E-state index is 0. The van der Waals surface area contributed by atoms with Crippen molar-refractivity contribution in [3.63, 3.8) is 0 Å². The van der Waals surface area contributed by atoms with E-state index < -0.39 is 0 Å². The van der Waals surface area contributed by atoms with Crippen LogP contribution in [0.4, 0.5) is 5.69 Å². The predicted molar refractivity (Wildman–Crippen MR) is 70.7 cm³/mol. The van der Waals surface area contributed by atoms with Crippen LogP contribution in [0, 0.1) is 5.92 Å². The van der Waals surface area contributed by atoms with E-state index in [0.29, 0.717) is 6.04 Å². The molecule has 1 fully saturated rings. The van der Waals surface area contributed by atoms with Crippen LogP contribution < -0.4 is 10.2 Å². The number of rotatable bonds is 1. The first-order chi connectivity index (χ1) is 7.77. The van der Waals surface area contributed by atoms with Crippen LogP contribution in [0.25, 0.3) is 0 Å². The Morgan fingerprint density at radius 1 is 1.35 bits per heavy atom. The van der Waals surface area contributed by atoms with Gasteiger partial charge in [-0.2, -0.15) is 0 Å². The lowest BCUT2D eigenvalue weighted by atomic mass is 10.0. The fraction of sp³-hybridized carbons (Fsp3) is 0.462. The third kappa shape index (κ3) is 1.94. The van der Waals surface area contributed by atoms with Gasteiger partial charge in [-0.05, 0) is 25.0 Å². The average molecular weight is 253 g/mol. The smallest absolute Gasteiger partial charge is 0.232 e. The Morgan fingerprint density at radius 2 is 2.06 bits per heavy atom. The molecule has 2 aliphatic heterocycles. The second kappa shape index (κ2) is 4.67. The van der Waals surface area contributed by atoms with Gasteiger partial charge < -0.3 is 10.2 Å². The van der Waals surface area contributed by atoms with Crippen molar-refractivity contribution in [2.75, 3.05) is 18.0 Å². The largest absolute Gasteiger partial charge is 0.315 e.